The number of hydrogen-bond donors (Lipinski definition) is 0. The van der Waals surface area contributed by atoms with Crippen molar-refractivity contribution in [3.8, 4) is 0 Å². The highest BCUT2D eigenvalue weighted by molar-refractivity contribution is 9.09. The van der Waals surface area contributed by atoms with E-state index in [2.05, 4.69) is 31.9 Å². The van der Waals surface area contributed by atoms with Crippen LogP contribution in [0.15, 0.2) is 0 Å². The first-order valence-corrected chi connectivity index (χ1v) is 5.56. The van der Waals surface area contributed by atoms with Crippen molar-refractivity contribution in [2.45, 2.75) is 30.5 Å². The Hall–Kier alpha value is 0.960. The summed E-state index contributed by atoms with van der Waals surface area (Å²) >= 11 is 7.15. The van der Waals surface area contributed by atoms with Crippen molar-refractivity contribution < 1.29 is 0 Å². The molecular formula is C7H12Br2. The lowest BCUT2D eigenvalue weighted by Gasteiger charge is -2.22. The average Bonchev–Trinajstić information content (AvgIpc) is 1.90. The molecule has 0 aliphatic heterocycles. The monoisotopic (exact) mass is 254 g/mol. The molecule has 54 valence electrons. The van der Waals surface area contributed by atoms with Crippen LogP contribution in [0.4, 0.5) is 0 Å². The second kappa shape index (κ2) is 3.97. The first-order chi connectivity index (χ1) is 4.33. The van der Waals surface area contributed by atoms with Gasteiger partial charge in [-0.3, -0.25) is 0 Å². The van der Waals surface area contributed by atoms with Crippen LogP contribution in [0.5, 0.6) is 0 Å². The van der Waals surface area contributed by atoms with Crippen LogP contribution in [-0.4, -0.2) is 10.2 Å². The zero-order valence-electron chi connectivity index (χ0n) is 5.45. The molecule has 0 bridgehead atoms. The smallest absolute Gasteiger partial charge is 0.0146 e. The van der Waals surface area contributed by atoms with E-state index in [1.165, 1.54) is 31.0 Å². The SMILES string of the molecule is BrCC1CCC(Br)CC1. The van der Waals surface area contributed by atoms with Gasteiger partial charge in [-0.25, -0.2) is 0 Å². The molecule has 1 fully saturated rings. The molecule has 0 amide bonds. The number of alkyl halides is 2. The van der Waals surface area contributed by atoms with Gasteiger partial charge >= 0.3 is 0 Å². The maximum absolute atomic E-state index is 3.63. The van der Waals surface area contributed by atoms with Crippen molar-refractivity contribution in [3.63, 3.8) is 0 Å². The summed E-state index contributed by atoms with van der Waals surface area (Å²) in [5.74, 6) is 0.957. The lowest BCUT2D eigenvalue weighted by molar-refractivity contribution is 0.404. The molecule has 0 unspecified atom stereocenters. The highest BCUT2D eigenvalue weighted by Crippen LogP contribution is 2.29. The largest absolute Gasteiger partial charge is 0.0925 e. The van der Waals surface area contributed by atoms with E-state index in [4.69, 9.17) is 0 Å². The minimum atomic E-state index is 0.813. The molecule has 0 spiro atoms. The second-order valence-corrected chi connectivity index (χ2v) is 4.71. The fraction of sp³-hybridized carbons (Fsp3) is 1.00. The van der Waals surface area contributed by atoms with Crippen LogP contribution in [0.2, 0.25) is 0 Å². The lowest BCUT2D eigenvalue weighted by Crippen LogP contribution is -2.14. The topological polar surface area (TPSA) is 0 Å². The van der Waals surface area contributed by atoms with Crippen molar-refractivity contribution >= 4 is 31.9 Å². The Morgan fingerprint density at radius 2 is 1.67 bits per heavy atom. The van der Waals surface area contributed by atoms with Crippen LogP contribution in [0.25, 0.3) is 0 Å². The highest BCUT2D eigenvalue weighted by Gasteiger charge is 2.17. The van der Waals surface area contributed by atoms with Crippen molar-refractivity contribution in [1.29, 1.82) is 0 Å². The third kappa shape index (κ3) is 2.58. The third-order valence-electron chi connectivity index (χ3n) is 1.99. The van der Waals surface area contributed by atoms with E-state index in [0.717, 1.165) is 10.7 Å². The second-order valence-electron chi connectivity index (χ2n) is 2.77. The van der Waals surface area contributed by atoms with E-state index in [1.54, 1.807) is 0 Å². The summed E-state index contributed by atoms with van der Waals surface area (Å²) in [6.07, 6.45) is 5.55. The fourth-order valence-electron chi connectivity index (χ4n) is 1.28. The summed E-state index contributed by atoms with van der Waals surface area (Å²) in [7, 11) is 0. The van der Waals surface area contributed by atoms with E-state index in [0.29, 0.717) is 0 Å². The Kier molecular flexibility index (Phi) is 3.55. The molecule has 1 saturated carbocycles. The predicted molar refractivity (Wildman–Crippen MR) is 48.5 cm³/mol. The van der Waals surface area contributed by atoms with Gasteiger partial charge in [-0.05, 0) is 31.6 Å². The van der Waals surface area contributed by atoms with Crippen LogP contribution in [0.1, 0.15) is 25.7 Å². The molecule has 1 aliphatic rings. The van der Waals surface area contributed by atoms with Gasteiger partial charge in [0.1, 0.15) is 0 Å². The Morgan fingerprint density at radius 1 is 1.11 bits per heavy atom. The van der Waals surface area contributed by atoms with Gasteiger partial charge in [0.2, 0.25) is 0 Å². The lowest BCUT2D eigenvalue weighted by atomic mass is 9.91. The van der Waals surface area contributed by atoms with Gasteiger partial charge in [0.25, 0.3) is 0 Å². The standard InChI is InChI=1S/C7H12Br2/c8-5-6-1-3-7(9)4-2-6/h6-7H,1-5H2. The quantitative estimate of drug-likeness (QED) is 0.631. The van der Waals surface area contributed by atoms with Gasteiger partial charge < -0.3 is 0 Å². The van der Waals surface area contributed by atoms with Crippen LogP contribution >= 0.6 is 31.9 Å². The summed E-state index contributed by atoms with van der Waals surface area (Å²) in [6, 6.07) is 0. The highest BCUT2D eigenvalue weighted by atomic mass is 79.9. The molecule has 1 aliphatic carbocycles. The molecule has 0 atom stereocenters. The van der Waals surface area contributed by atoms with Gasteiger partial charge in [-0.2, -0.15) is 0 Å². The maximum atomic E-state index is 3.63. The van der Waals surface area contributed by atoms with Crippen LogP contribution in [0, 0.1) is 5.92 Å². The zero-order valence-corrected chi connectivity index (χ0v) is 8.62. The maximum Gasteiger partial charge on any atom is 0.0146 e. The number of rotatable bonds is 1. The molecule has 0 radical (unpaired) electrons. The zero-order chi connectivity index (χ0) is 6.69. The van der Waals surface area contributed by atoms with Gasteiger partial charge in [0.05, 0.1) is 0 Å². The van der Waals surface area contributed by atoms with Crippen molar-refractivity contribution in [3.05, 3.63) is 0 Å². The molecule has 9 heavy (non-hydrogen) atoms. The van der Waals surface area contributed by atoms with Crippen LogP contribution in [0.3, 0.4) is 0 Å². The van der Waals surface area contributed by atoms with Crippen LogP contribution in [-0.2, 0) is 0 Å². The molecule has 0 saturated heterocycles. The van der Waals surface area contributed by atoms with E-state index < -0.39 is 0 Å². The Balaban J connectivity index is 2.18. The van der Waals surface area contributed by atoms with Gasteiger partial charge in [0.15, 0.2) is 0 Å². The van der Waals surface area contributed by atoms with E-state index in [-0.39, 0.29) is 0 Å². The van der Waals surface area contributed by atoms with Gasteiger partial charge in [-0.1, -0.05) is 31.9 Å². The summed E-state index contributed by atoms with van der Waals surface area (Å²) in [5.41, 5.74) is 0. The Morgan fingerprint density at radius 3 is 2.11 bits per heavy atom. The van der Waals surface area contributed by atoms with E-state index in [9.17, 15) is 0 Å². The number of hydrogen-bond acceptors (Lipinski definition) is 0. The molecule has 2 heteroatoms. The first-order valence-electron chi connectivity index (χ1n) is 3.53. The molecule has 0 aromatic carbocycles. The van der Waals surface area contributed by atoms with Crippen molar-refractivity contribution in [2.24, 2.45) is 5.92 Å². The molecule has 0 aromatic heterocycles. The van der Waals surface area contributed by atoms with Crippen LogP contribution < -0.4 is 0 Å². The molecule has 0 N–H and O–H groups in total. The molecule has 0 heterocycles. The van der Waals surface area contributed by atoms with Gasteiger partial charge in [-0.15, -0.1) is 0 Å². The minimum Gasteiger partial charge on any atom is -0.0925 e. The molecule has 0 aromatic rings. The van der Waals surface area contributed by atoms with E-state index >= 15 is 0 Å². The fourth-order valence-corrected chi connectivity index (χ4v) is 2.45. The molecule has 1 rings (SSSR count). The average molecular weight is 256 g/mol. The minimum absolute atomic E-state index is 0.813. The Bertz CT molecular complexity index is 75.0. The van der Waals surface area contributed by atoms with Crippen molar-refractivity contribution in [1.82, 2.24) is 0 Å². The normalized spacial score (nSPS) is 36.7. The summed E-state index contributed by atoms with van der Waals surface area (Å²) < 4.78 is 0. The predicted octanol–water partition coefficient (Wildman–Crippen LogP) is 3.34. The molecule has 0 nitrogen and oxygen atoms in total. The summed E-state index contributed by atoms with van der Waals surface area (Å²) in [6.45, 7) is 0. The van der Waals surface area contributed by atoms with Crippen molar-refractivity contribution in [2.75, 3.05) is 5.33 Å². The van der Waals surface area contributed by atoms with Gasteiger partial charge in [0, 0.05) is 10.2 Å². The summed E-state index contributed by atoms with van der Waals surface area (Å²) in [4.78, 5) is 0.813. The third-order valence-corrected chi connectivity index (χ3v) is 3.83. The Labute approximate surface area is 73.7 Å². The number of halogens is 2. The first kappa shape index (κ1) is 8.06. The van der Waals surface area contributed by atoms with E-state index in [1.807, 2.05) is 0 Å². The summed E-state index contributed by atoms with van der Waals surface area (Å²) in [5, 5.41) is 1.20. The molecular weight excluding hydrogens is 244 g/mol.